The van der Waals surface area contributed by atoms with Crippen LogP contribution in [0.4, 0.5) is 11.9 Å². The minimum atomic E-state index is -2.88. The van der Waals surface area contributed by atoms with Gasteiger partial charge in [0.25, 0.3) is 0 Å². The Balaban J connectivity index is 1.71. The highest BCUT2D eigenvalue weighted by Crippen LogP contribution is 2.18. The summed E-state index contributed by atoms with van der Waals surface area (Å²) >= 11 is 0. The van der Waals surface area contributed by atoms with Crippen LogP contribution < -0.4 is 11.1 Å². The van der Waals surface area contributed by atoms with Crippen LogP contribution in [0.1, 0.15) is 6.42 Å². The van der Waals surface area contributed by atoms with Gasteiger partial charge in [0.2, 0.25) is 17.8 Å². The van der Waals surface area contributed by atoms with E-state index in [-0.39, 0.29) is 23.4 Å². The molecule has 112 valence electrons. The van der Waals surface area contributed by atoms with Crippen LogP contribution in [0.2, 0.25) is 0 Å². The Morgan fingerprint density at radius 2 is 2.24 bits per heavy atom. The normalized spacial score (nSPS) is 20.5. The van der Waals surface area contributed by atoms with E-state index in [1.807, 2.05) is 0 Å². The molecule has 0 aromatic carbocycles. The first-order valence-corrected chi connectivity index (χ1v) is 8.28. The van der Waals surface area contributed by atoms with Crippen molar-refractivity contribution in [3.05, 3.63) is 18.7 Å². The maximum Gasteiger partial charge on any atom is 0.241 e. The largest absolute Gasteiger partial charge is 0.368 e. The van der Waals surface area contributed by atoms with E-state index >= 15 is 0 Å². The molecule has 9 nitrogen and oxygen atoms in total. The maximum atomic E-state index is 11.4. The number of hydrogen-bond acceptors (Lipinski definition) is 8. The van der Waals surface area contributed by atoms with E-state index in [1.165, 1.54) is 0 Å². The van der Waals surface area contributed by atoms with Gasteiger partial charge in [-0.05, 0) is 12.3 Å². The second-order valence-corrected chi connectivity index (χ2v) is 7.17. The number of anilines is 2. The van der Waals surface area contributed by atoms with E-state index in [9.17, 15) is 8.42 Å². The summed E-state index contributed by atoms with van der Waals surface area (Å²) in [4.78, 5) is 16.2. The number of hydrogen-bond donors (Lipinski definition) is 2. The third-order valence-corrected chi connectivity index (χ3v) is 5.09. The lowest BCUT2D eigenvalue weighted by atomic mass is 10.1. The molecule has 1 aliphatic heterocycles. The monoisotopic (exact) mass is 309 g/mol. The highest BCUT2D eigenvalue weighted by Gasteiger charge is 2.27. The lowest BCUT2D eigenvalue weighted by Crippen LogP contribution is -2.18. The molecule has 3 rings (SSSR count). The Hall–Kier alpha value is -2.23. The summed E-state index contributed by atoms with van der Waals surface area (Å²) < 4.78 is 24.4. The first kappa shape index (κ1) is 13.7. The molecule has 10 heteroatoms. The predicted octanol–water partition coefficient (Wildman–Crippen LogP) is -0.514. The molecular formula is C11H15N7O2S. The van der Waals surface area contributed by atoms with Crippen molar-refractivity contribution in [3.8, 4) is 5.95 Å². The smallest absolute Gasteiger partial charge is 0.241 e. The van der Waals surface area contributed by atoms with Gasteiger partial charge in [-0.2, -0.15) is 15.0 Å². The van der Waals surface area contributed by atoms with Crippen LogP contribution in [0.5, 0.6) is 0 Å². The number of nitrogen functional groups attached to an aromatic ring is 1. The SMILES string of the molecule is Nc1nc(NCC2CCS(=O)(=O)C2)nc(-n2ccnc2)n1. The van der Waals surface area contributed by atoms with Gasteiger partial charge >= 0.3 is 0 Å². The van der Waals surface area contributed by atoms with Crippen LogP contribution in [0.25, 0.3) is 5.95 Å². The Morgan fingerprint density at radius 3 is 2.90 bits per heavy atom. The molecule has 1 atom stereocenters. The van der Waals surface area contributed by atoms with Crippen molar-refractivity contribution in [2.45, 2.75) is 6.42 Å². The third kappa shape index (κ3) is 3.27. The Labute approximate surface area is 121 Å². The van der Waals surface area contributed by atoms with Gasteiger partial charge in [0, 0.05) is 18.9 Å². The molecule has 0 saturated carbocycles. The quantitative estimate of drug-likeness (QED) is 0.772. The van der Waals surface area contributed by atoms with Gasteiger partial charge in [0.15, 0.2) is 9.84 Å². The van der Waals surface area contributed by atoms with Gasteiger partial charge in [0.05, 0.1) is 11.5 Å². The number of nitrogens with two attached hydrogens (primary N) is 1. The van der Waals surface area contributed by atoms with Crippen LogP contribution in [-0.2, 0) is 9.84 Å². The first-order chi connectivity index (χ1) is 10.0. The number of imidazole rings is 1. The van der Waals surface area contributed by atoms with Gasteiger partial charge in [-0.15, -0.1) is 0 Å². The molecule has 2 aromatic rings. The number of sulfone groups is 1. The van der Waals surface area contributed by atoms with Crippen molar-refractivity contribution in [1.82, 2.24) is 24.5 Å². The van der Waals surface area contributed by atoms with E-state index in [1.54, 1.807) is 23.3 Å². The molecule has 1 unspecified atom stereocenters. The molecule has 0 amide bonds. The van der Waals surface area contributed by atoms with Gasteiger partial charge in [-0.25, -0.2) is 13.4 Å². The molecule has 0 spiro atoms. The molecular weight excluding hydrogens is 294 g/mol. The summed E-state index contributed by atoms with van der Waals surface area (Å²) in [6.45, 7) is 0.492. The third-order valence-electron chi connectivity index (χ3n) is 3.25. The van der Waals surface area contributed by atoms with Crippen molar-refractivity contribution in [2.75, 3.05) is 29.1 Å². The molecule has 3 N–H and O–H groups in total. The van der Waals surface area contributed by atoms with Crippen molar-refractivity contribution < 1.29 is 8.42 Å². The molecule has 1 aliphatic rings. The summed E-state index contributed by atoms with van der Waals surface area (Å²) in [5.74, 6) is 1.31. The fourth-order valence-corrected chi connectivity index (χ4v) is 4.08. The summed E-state index contributed by atoms with van der Waals surface area (Å²) in [5, 5.41) is 3.03. The molecule has 2 aromatic heterocycles. The highest BCUT2D eigenvalue weighted by molar-refractivity contribution is 7.91. The van der Waals surface area contributed by atoms with Crippen LogP contribution in [0.3, 0.4) is 0 Å². The molecule has 3 heterocycles. The standard InChI is InChI=1S/C11H15N7O2S/c12-9-15-10(14-5-8-1-4-21(19,20)6-8)17-11(16-9)18-3-2-13-7-18/h2-3,7-8H,1,4-6H2,(H3,12,14,15,16,17). The van der Waals surface area contributed by atoms with Crippen LogP contribution in [0.15, 0.2) is 18.7 Å². The van der Waals surface area contributed by atoms with Gasteiger partial charge in [-0.3, -0.25) is 4.57 Å². The average Bonchev–Trinajstić information content (AvgIpc) is 3.05. The van der Waals surface area contributed by atoms with E-state index < -0.39 is 9.84 Å². The Bertz CT molecular complexity index is 729. The zero-order valence-corrected chi connectivity index (χ0v) is 12.0. The second-order valence-electron chi connectivity index (χ2n) is 4.94. The second kappa shape index (κ2) is 5.28. The maximum absolute atomic E-state index is 11.4. The topological polar surface area (TPSA) is 129 Å². The van der Waals surface area contributed by atoms with Crippen LogP contribution >= 0.6 is 0 Å². The lowest BCUT2D eigenvalue weighted by Gasteiger charge is -2.10. The first-order valence-electron chi connectivity index (χ1n) is 6.46. The van der Waals surface area contributed by atoms with E-state index in [0.717, 1.165) is 0 Å². The minimum Gasteiger partial charge on any atom is -0.368 e. The predicted molar refractivity (Wildman–Crippen MR) is 76.6 cm³/mol. The molecule has 1 saturated heterocycles. The van der Waals surface area contributed by atoms with Gasteiger partial charge < -0.3 is 11.1 Å². The summed E-state index contributed by atoms with van der Waals surface area (Å²) in [6, 6.07) is 0. The van der Waals surface area contributed by atoms with Crippen molar-refractivity contribution >= 4 is 21.7 Å². The number of aromatic nitrogens is 5. The lowest BCUT2D eigenvalue weighted by molar-refractivity contribution is 0.595. The average molecular weight is 309 g/mol. The zero-order chi connectivity index (χ0) is 14.9. The minimum absolute atomic E-state index is 0.0738. The zero-order valence-electron chi connectivity index (χ0n) is 11.2. The summed E-state index contributed by atoms with van der Waals surface area (Å²) in [7, 11) is -2.88. The van der Waals surface area contributed by atoms with Crippen molar-refractivity contribution in [2.24, 2.45) is 5.92 Å². The fourth-order valence-electron chi connectivity index (χ4n) is 2.22. The van der Waals surface area contributed by atoms with E-state index in [2.05, 4.69) is 25.3 Å². The van der Waals surface area contributed by atoms with E-state index in [4.69, 9.17) is 5.73 Å². The van der Waals surface area contributed by atoms with Crippen molar-refractivity contribution in [3.63, 3.8) is 0 Å². The van der Waals surface area contributed by atoms with Crippen LogP contribution in [-0.4, -0.2) is 51.0 Å². The highest BCUT2D eigenvalue weighted by atomic mass is 32.2. The molecule has 0 bridgehead atoms. The van der Waals surface area contributed by atoms with Gasteiger partial charge in [0.1, 0.15) is 6.33 Å². The fraction of sp³-hybridized carbons (Fsp3) is 0.455. The van der Waals surface area contributed by atoms with Crippen molar-refractivity contribution in [1.29, 1.82) is 0 Å². The van der Waals surface area contributed by atoms with E-state index in [0.29, 0.717) is 24.9 Å². The Kier molecular flexibility index (Phi) is 3.45. The molecule has 1 fully saturated rings. The molecule has 0 radical (unpaired) electrons. The van der Waals surface area contributed by atoms with Gasteiger partial charge in [-0.1, -0.05) is 0 Å². The Morgan fingerprint density at radius 1 is 1.38 bits per heavy atom. The number of nitrogens with one attached hydrogen (secondary N) is 1. The number of rotatable bonds is 4. The molecule has 0 aliphatic carbocycles. The summed E-state index contributed by atoms with van der Waals surface area (Å²) in [6.07, 6.45) is 5.52. The number of nitrogens with zero attached hydrogens (tertiary/aromatic N) is 5. The summed E-state index contributed by atoms with van der Waals surface area (Å²) in [5.41, 5.74) is 5.66. The molecule has 21 heavy (non-hydrogen) atoms. The van der Waals surface area contributed by atoms with Crippen LogP contribution in [0, 0.1) is 5.92 Å².